The van der Waals surface area contributed by atoms with Gasteiger partial charge >= 0.3 is 0 Å². The van der Waals surface area contributed by atoms with Gasteiger partial charge < -0.3 is 29.6 Å². The lowest BCUT2D eigenvalue weighted by Crippen LogP contribution is -2.30. The van der Waals surface area contributed by atoms with Crippen molar-refractivity contribution in [3.8, 4) is 23.0 Å². The number of carbonyl (C=O) groups is 3. The summed E-state index contributed by atoms with van der Waals surface area (Å²) in [6, 6.07) is 25.7. The van der Waals surface area contributed by atoms with Crippen molar-refractivity contribution in [2.45, 2.75) is 6.92 Å². The lowest BCUT2D eigenvalue weighted by molar-refractivity contribution is -0.113. The number of allylic oxidation sites excluding steroid dienone is 1. The summed E-state index contributed by atoms with van der Waals surface area (Å²) in [5.41, 5.74) is 2.43. The Labute approximate surface area is 262 Å². The lowest BCUT2D eigenvalue weighted by atomic mass is 10.1. The van der Waals surface area contributed by atoms with Crippen molar-refractivity contribution < 1.29 is 33.3 Å². The second kappa shape index (κ2) is 15.6. The van der Waals surface area contributed by atoms with Crippen LogP contribution in [-0.2, 0) is 4.79 Å². The molecule has 0 aliphatic carbocycles. The molecule has 0 spiro atoms. The van der Waals surface area contributed by atoms with E-state index in [1.165, 1.54) is 33.5 Å². The summed E-state index contributed by atoms with van der Waals surface area (Å²) in [6.07, 6.45) is 4.67. The molecule has 2 amide bonds. The smallest absolute Gasteiger partial charge is 0.272 e. The van der Waals surface area contributed by atoms with Crippen LogP contribution >= 0.6 is 0 Å². The summed E-state index contributed by atoms with van der Waals surface area (Å²) in [6.45, 7) is 2.41. The number of methoxy groups -OCH3 is 3. The summed E-state index contributed by atoms with van der Waals surface area (Å²) in [5.74, 6) is 0.652. The van der Waals surface area contributed by atoms with Crippen LogP contribution in [0.1, 0.15) is 38.8 Å². The van der Waals surface area contributed by atoms with E-state index < -0.39 is 11.8 Å². The van der Waals surface area contributed by atoms with Gasteiger partial charge in [-0.3, -0.25) is 14.4 Å². The lowest BCUT2D eigenvalue weighted by Gasteiger charge is -2.15. The summed E-state index contributed by atoms with van der Waals surface area (Å²) >= 11 is 0. The van der Waals surface area contributed by atoms with Gasteiger partial charge in [0.25, 0.3) is 11.8 Å². The second-order valence-corrected chi connectivity index (χ2v) is 9.53. The number of benzene rings is 4. The zero-order valence-corrected chi connectivity index (χ0v) is 25.5. The summed E-state index contributed by atoms with van der Waals surface area (Å²) in [4.78, 5) is 39.4. The van der Waals surface area contributed by atoms with Crippen molar-refractivity contribution in [3.05, 3.63) is 125 Å². The van der Waals surface area contributed by atoms with Crippen molar-refractivity contribution >= 4 is 35.4 Å². The number of carbonyl (C=O) groups excluding carboxylic acids is 3. The van der Waals surface area contributed by atoms with Gasteiger partial charge in [-0.2, -0.15) is 0 Å². The van der Waals surface area contributed by atoms with Crippen molar-refractivity contribution in [2.24, 2.45) is 0 Å². The Balaban J connectivity index is 1.58. The molecule has 0 bridgehead atoms. The minimum absolute atomic E-state index is 0.0505. The van der Waals surface area contributed by atoms with Crippen molar-refractivity contribution in [1.82, 2.24) is 5.32 Å². The summed E-state index contributed by atoms with van der Waals surface area (Å²) in [5, 5.41) is 5.49. The Kier molecular flexibility index (Phi) is 11.1. The highest BCUT2D eigenvalue weighted by molar-refractivity contribution is 6.11. The predicted octanol–water partition coefficient (Wildman–Crippen LogP) is 6.42. The SMILES string of the molecule is CCOc1ccccc1/C=C/C(=O)c1ccc(NC(=O)/C(=C/c2cc(OC)c(OC)cc2OC)NC(=O)c2ccccc2)cc1. The fraction of sp³-hybridized carbons (Fsp3) is 0.139. The van der Waals surface area contributed by atoms with Crippen LogP contribution < -0.4 is 29.6 Å². The van der Waals surface area contributed by atoms with E-state index in [4.69, 9.17) is 18.9 Å². The maximum atomic E-state index is 13.5. The maximum absolute atomic E-state index is 13.5. The fourth-order valence-corrected chi connectivity index (χ4v) is 4.35. The molecule has 0 aliphatic rings. The topological polar surface area (TPSA) is 112 Å². The van der Waals surface area contributed by atoms with Gasteiger partial charge in [0.15, 0.2) is 17.3 Å². The third-order valence-electron chi connectivity index (χ3n) is 6.62. The first-order valence-electron chi connectivity index (χ1n) is 14.1. The van der Waals surface area contributed by atoms with E-state index in [0.717, 1.165) is 5.56 Å². The molecular formula is C36H34N2O7. The van der Waals surface area contributed by atoms with E-state index >= 15 is 0 Å². The molecule has 0 fully saturated rings. The van der Waals surface area contributed by atoms with Gasteiger partial charge in [0.1, 0.15) is 17.2 Å². The molecule has 0 radical (unpaired) electrons. The number of hydrogen-bond acceptors (Lipinski definition) is 7. The van der Waals surface area contributed by atoms with Gasteiger partial charge in [-0.15, -0.1) is 0 Å². The van der Waals surface area contributed by atoms with Gasteiger partial charge in [-0.25, -0.2) is 0 Å². The number of hydrogen-bond donors (Lipinski definition) is 2. The molecular weight excluding hydrogens is 572 g/mol. The maximum Gasteiger partial charge on any atom is 0.272 e. The van der Waals surface area contributed by atoms with Gasteiger partial charge in [0.2, 0.25) is 0 Å². The molecule has 0 saturated carbocycles. The van der Waals surface area contributed by atoms with Gasteiger partial charge in [-0.1, -0.05) is 36.4 Å². The fourth-order valence-electron chi connectivity index (χ4n) is 4.35. The third-order valence-corrected chi connectivity index (χ3v) is 6.62. The Bertz CT molecular complexity index is 1710. The van der Waals surface area contributed by atoms with Crippen LogP contribution in [0.25, 0.3) is 12.2 Å². The Morgan fingerprint density at radius 2 is 1.33 bits per heavy atom. The molecule has 9 heteroatoms. The molecule has 0 aliphatic heterocycles. The first kappa shape index (κ1) is 32.1. The third kappa shape index (κ3) is 8.39. The molecule has 4 rings (SSSR count). The Morgan fingerprint density at radius 1 is 0.689 bits per heavy atom. The van der Waals surface area contributed by atoms with Gasteiger partial charge in [0, 0.05) is 34.0 Å². The van der Waals surface area contributed by atoms with Gasteiger partial charge in [-0.05, 0) is 73.7 Å². The molecule has 0 unspecified atom stereocenters. The number of anilines is 1. The van der Waals surface area contributed by atoms with Crippen LogP contribution in [0, 0.1) is 0 Å². The number of ether oxygens (including phenoxy) is 4. The highest BCUT2D eigenvalue weighted by Gasteiger charge is 2.18. The molecule has 0 saturated heterocycles. The zero-order chi connectivity index (χ0) is 32.2. The minimum atomic E-state index is -0.595. The minimum Gasteiger partial charge on any atom is -0.496 e. The number of para-hydroxylation sites is 1. The van der Waals surface area contributed by atoms with E-state index in [-0.39, 0.29) is 11.5 Å². The molecule has 230 valence electrons. The van der Waals surface area contributed by atoms with E-state index in [1.54, 1.807) is 72.8 Å². The van der Waals surface area contributed by atoms with Crippen LogP contribution in [0.4, 0.5) is 5.69 Å². The standard InChI is InChI=1S/C36H34N2O7/c1-5-45-31-14-10-9-11-25(31)17-20-30(39)24-15-18-28(19-16-24)37-36(41)29(38-35(40)26-12-7-6-8-13-26)21-27-22-33(43-3)34(44-4)23-32(27)42-2/h6-23H,5H2,1-4H3,(H,37,41)(H,38,40)/b20-17+,29-21-. The predicted molar refractivity (Wildman–Crippen MR) is 174 cm³/mol. The molecule has 0 heterocycles. The van der Waals surface area contributed by atoms with Crippen molar-refractivity contribution in [2.75, 3.05) is 33.3 Å². The molecule has 9 nitrogen and oxygen atoms in total. The van der Waals surface area contributed by atoms with Crippen LogP contribution in [0.2, 0.25) is 0 Å². The molecule has 0 aromatic heterocycles. The zero-order valence-electron chi connectivity index (χ0n) is 25.5. The average molecular weight is 607 g/mol. The van der Waals surface area contributed by atoms with E-state index in [2.05, 4.69) is 10.6 Å². The van der Waals surface area contributed by atoms with Crippen LogP contribution in [-0.4, -0.2) is 45.5 Å². The van der Waals surface area contributed by atoms with Gasteiger partial charge in [0.05, 0.1) is 27.9 Å². The highest BCUT2D eigenvalue weighted by atomic mass is 16.5. The number of ketones is 1. The van der Waals surface area contributed by atoms with E-state index in [0.29, 0.717) is 52.0 Å². The number of rotatable bonds is 13. The normalized spacial score (nSPS) is 11.1. The molecule has 2 N–H and O–H groups in total. The van der Waals surface area contributed by atoms with E-state index in [9.17, 15) is 14.4 Å². The molecule has 0 atom stereocenters. The second-order valence-electron chi connectivity index (χ2n) is 9.53. The first-order chi connectivity index (χ1) is 21.9. The molecule has 4 aromatic carbocycles. The van der Waals surface area contributed by atoms with Crippen molar-refractivity contribution in [1.29, 1.82) is 0 Å². The average Bonchev–Trinajstić information content (AvgIpc) is 3.07. The summed E-state index contributed by atoms with van der Waals surface area (Å²) < 4.78 is 21.9. The largest absolute Gasteiger partial charge is 0.496 e. The quantitative estimate of drug-likeness (QED) is 0.134. The number of amides is 2. The molecule has 45 heavy (non-hydrogen) atoms. The molecule has 4 aromatic rings. The van der Waals surface area contributed by atoms with E-state index in [1.807, 2.05) is 31.2 Å². The van der Waals surface area contributed by atoms with Crippen LogP contribution in [0.5, 0.6) is 23.0 Å². The summed E-state index contributed by atoms with van der Waals surface area (Å²) in [7, 11) is 4.48. The highest BCUT2D eigenvalue weighted by Crippen LogP contribution is 2.35. The Hall–Kier alpha value is -5.83. The monoisotopic (exact) mass is 606 g/mol. The Morgan fingerprint density at radius 3 is 2.00 bits per heavy atom. The van der Waals surface area contributed by atoms with Crippen molar-refractivity contribution in [3.63, 3.8) is 0 Å². The first-order valence-corrected chi connectivity index (χ1v) is 14.1. The number of nitrogens with one attached hydrogen (secondary N) is 2. The van der Waals surface area contributed by atoms with Crippen LogP contribution in [0.3, 0.4) is 0 Å². The van der Waals surface area contributed by atoms with Crippen LogP contribution in [0.15, 0.2) is 103 Å².